The zero-order valence-corrected chi connectivity index (χ0v) is 19.5. The highest BCUT2D eigenvalue weighted by Gasteiger charge is 2.24. The Hall–Kier alpha value is -4.01. The number of carbonyl (C=O) groups excluding carboxylic acids is 2. The molecular formula is C25H25FN4O4. The second-order valence-corrected chi connectivity index (χ2v) is 8.35. The van der Waals surface area contributed by atoms with E-state index in [0.717, 1.165) is 11.3 Å². The quantitative estimate of drug-likeness (QED) is 0.393. The van der Waals surface area contributed by atoms with Crippen molar-refractivity contribution in [3.05, 3.63) is 65.5 Å². The summed E-state index contributed by atoms with van der Waals surface area (Å²) in [6.07, 6.45) is 0.439. The van der Waals surface area contributed by atoms with E-state index < -0.39 is 23.8 Å². The molecule has 1 N–H and O–H groups in total. The first kappa shape index (κ1) is 23.2. The number of furan rings is 1. The summed E-state index contributed by atoms with van der Waals surface area (Å²) < 4.78 is 26.2. The third-order valence-electron chi connectivity index (χ3n) is 5.34. The number of benzene rings is 1. The summed E-state index contributed by atoms with van der Waals surface area (Å²) in [5.41, 5.74) is 2.31. The lowest BCUT2D eigenvalue weighted by molar-refractivity contribution is -0.123. The van der Waals surface area contributed by atoms with Crippen LogP contribution in [0.15, 0.2) is 47.0 Å². The molecule has 0 fully saturated rings. The van der Waals surface area contributed by atoms with Crippen LogP contribution < -0.4 is 5.32 Å². The van der Waals surface area contributed by atoms with Gasteiger partial charge < -0.3 is 14.5 Å². The minimum atomic E-state index is -1.12. The fourth-order valence-electron chi connectivity index (χ4n) is 3.68. The number of carbonyl (C=O) groups is 2. The van der Waals surface area contributed by atoms with Crippen molar-refractivity contribution in [3.63, 3.8) is 0 Å². The molecule has 0 aliphatic carbocycles. The standard InChI is InChI=1S/C25H25FN4O4/c1-13(2)30-23-21(12-27-30)20(11-22(29-23)19-9-14(3)33-15(19)4)25(32)34-16(5)24(31)28-18-8-6-7-17(26)10-18/h6-13,16H,1-5H3,(H,28,31). The van der Waals surface area contributed by atoms with Gasteiger partial charge in [-0.1, -0.05) is 6.07 Å². The zero-order chi connectivity index (χ0) is 24.6. The van der Waals surface area contributed by atoms with Gasteiger partial charge in [-0.05, 0) is 65.0 Å². The van der Waals surface area contributed by atoms with Gasteiger partial charge in [-0.2, -0.15) is 5.10 Å². The van der Waals surface area contributed by atoms with E-state index in [9.17, 15) is 14.0 Å². The van der Waals surface area contributed by atoms with E-state index >= 15 is 0 Å². The highest BCUT2D eigenvalue weighted by Crippen LogP contribution is 2.30. The second kappa shape index (κ2) is 9.09. The first-order chi connectivity index (χ1) is 16.1. The molecule has 9 heteroatoms. The summed E-state index contributed by atoms with van der Waals surface area (Å²) in [4.78, 5) is 30.5. The molecule has 0 radical (unpaired) electrons. The first-order valence-electron chi connectivity index (χ1n) is 10.9. The normalized spacial score (nSPS) is 12.2. The number of halogens is 1. The van der Waals surface area contributed by atoms with Crippen LogP contribution in [0.2, 0.25) is 0 Å². The minimum Gasteiger partial charge on any atom is -0.466 e. The number of esters is 1. The Morgan fingerprint density at radius 3 is 2.56 bits per heavy atom. The minimum absolute atomic E-state index is 0.00673. The number of pyridine rings is 1. The Morgan fingerprint density at radius 1 is 1.15 bits per heavy atom. The molecule has 3 aromatic heterocycles. The summed E-state index contributed by atoms with van der Waals surface area (Å²) in [6.45, 7) is 9.04. The van der Waals surface area contributed by atoms with E-state index in [1.165, 1.54) is 25.1 Å². The number of hydrogen-bond donors (Lipinski definition) is 1. The highest BCUT2D eigenvalue weighted by atomic mass is 19.1. The summed E-state index contributed by atoms with van der Waals surface area (Å²) in [5, 5.41) is 7.44. The molecule has 1 amide bonds. The summed E-state index contributed by atoms with van der Waals surface area (Å²) in [5.74, 6) is -0.373. The van der Waals surface area contributed by atoms with E-state index in [0.29, 0.717) is 22.5 Å². The molecule has 4 rings (SSSR count). The third-order valence-corrected chi connectivity index (χ3v) is 5.34. The molecule has 34 heavy (non-hydrogen) atoms. The van der Waals surface area contributed by atoms with Crippen molar-refractivity contribution in [3.8, 4) is 11.3 Å². The Balaban J connectivity index is 1.67. The van der Waals surface area contributed by atoms with Crippen LogP contribution in [0.3, 0.4) is 0 Å². The summed E-state index contributed by atoms with van der Waals surface area (Å²) in [6, 6.07) is 8.95. The summed E-state index contributed by atoms with van der Waals surface area (Å²) >= 11 is 0. The number of fused-ring (bicyclic) bond motifs is 1. The zero-order valence-electron chi connectivity index (χ0n) is 19.5. The second-order valence-electron chi connectivity index (χ2n) is 8.35. The number of nitrogens with zero attached hydrogens (tertiary/aromatic N) is 3. The number of anilines is 1. The predicted octanol–water partition coefficient (Wildman–Crippen LogP) is 5.21. The Bertz CT molecular complexity index is 1390. The molecule has 1 unspecified atom stereocenters. The van der Waals surface area contributed by atoms with Crippen LogP contribution in [0.5, 0.6) is 0 Å². The van der Waals surface area contributed by atoms with Gasteiger partial charge in [0.25, 0.3) is 5.91 Å². The Morgan fingerprint density at radius 2 is 1.91 bits per heavy atom. The topological polar surface area (TPSA) is 99.2 Å². The highest BCUT2D eigenvalue weighted by molar-refractivity contribution is 6.05. The van der Waals surface area contributed by atoms with Gasteiger partial charge in [-0.25, -0.2) is 18.9 Å². The molecule has 1 aromatic carbocycles. The van der Waals surface area contributed by atoms with Crippen LogP contribution in [-0.2, 0) is 9.53 Å². The molecule has 0 aliphatic heterocycles. The number of ether oxygens (including phenoxy) is 1. The first-order valence-corrected chi connectivity index (χ1v) is 10.9. The number of nitrogens with one attached hydrogen (secondary N) is 1. The van der Waals surface area contributed by atoms with E-state index in [4.69, 9.17) is 14.1 Å². The van der Waals surface area contributed by atoms with Crippen molar-refractivity contribution in [2.24, 2.45) is 0 Å². The molecule has 0 aliphatic rings. The van der Waals surface area contributed by atoms with E-state index in [-0.39, 0.29) is 17.3 Å². The fourth-order valence-corrected chi connectivity index (χ4v) is 3.68. The van der Waals surface area contributed by atoms with Crippen molar-refractivity contribution in [1.82, 2.24) is 14.8 Å². The van der Waals surface area contributed by atoms with Crippen molar-refractivity contribution in [2.75, 3.05) is 5.32 Å². The third kappa shape index (κ3) is 4.54. The number of hydrogen-bond acceptors (Lipinski definition) is 6. The molecule has 1 atom stereocenters. The number of rotatable bonds is 6. The molecule has 0 spiro atoms. The van der Waals surface area contributed by atoms with Crippen molar-refractivity contribution in [2.45, 2.75) is 46.8 Å². The maximum Gasteiger partial charge on any atom is 0.339 e. The Labute approximate surface area is 195 Å². The number of amides is 1. The van der Waals surface area contributed by atoms with E-state index in [2.05, 4.69) is 10.4 Å². The lowest BCUT2D eigenvalue weighted by atomic mass is 10.1. The molecule has 0 saturated carbocycles. The van der Waals surface area contributed by atoms with Gasteiger partial charge in [0.05, 0.1) is 22.8 Å². The maximum atomic E-state index is 13.4. The van der Waals surface area contributed by atoms with Gasteiger partial charge >= 0.3 is 5.97 Å². The molecule has 176 valence electrons. The Kier molecular flexibility index (Phi) is 6.19. The monoisotopic (exact) mass is 464 g/mol. The SMILES string of the molecule is Cc1cc(-c2cc(C(=O)OC(C)C(=O)Nc3cccc(F)c3)c3cnn(C(C)C)c3n2)c(C)o1. The van der Waals surface area contributed by atoms with E-state index in [1.807, 2.05) is 33.8 Å². The van der Waals surface area contributed by atoms with Gasteiger partial charge in [0, 0.05) is 17.3 Å². The number of aromatic nitrogens is 3. The van der Waals surface area contributed by atoms with Crippen LogP contribution in [0.25, 0.3) is 22.3 Å². The predicted molar refractivity (Wildman–Crippen MR) is 125 cm³/mol. The smallest absolute Gasteiger partial charge is 0.339 e. The summed E-state index contributed by atoms with van der Waals surface area (Å²) in [7, 11) is 0. The molecule has 0 bridgehead atoms. The number of aryl methyl sites for hydroxylation is 2. The van der Waals surface area contributed by atoms with Crippen molar-refractivity contribution < 1.29 is 23.1 Å². The molecular weight excluding hydrogens is 439 g/mol. The largest absolute Gasteiger partial charge is 0.466 e. The fraction of sp³-hybridized carbons (Fsp3) is 0.280. The van der Waals surface area contributed by atoms with Crippen LogP contribution in [0.4, 0.5) is 10.1 Å². The lowest BCUT2D eigenvalue weighted by Crippen LogP contribution is -2.30. The molecule has 0 saturated heterocycles. The average Bonchev–Trinajstić information content (AvgIpc) is 3.35. The van der Waals surface area contributed by atoms with Gasteiger partial charge in [-0.3, -0.25) is 4.79 Å². The van der Waals surface area contributed by atoms with Crippen LogP contribution in [0, 0.1) is 19.7 Å². The van der Waals surface area contributed by atoms with Gasteiger partial charge in [-0.15, -0.1) is 0 Å². The average molecular weight is 464 g/mol. The van der Waals surface area contributed by atoms with Crippen LogP contribution in [0.1, 0.15) is 48.7 Å². The van der Waals surface area contributed by atoms with Crippen molar-refractivity contribution in [1.29, 1.82) is 0 Å². The molecule has 8 nitrogen and oxygen atoms in total. The maximum absolute atomic E-state index is 13.4. The van der Waals surface area contributed by atoms with E-state index in [1.54, 1.807) is 23.0 Å². The van der Waals surface area contributed by atoms with Crippen LogP contribution in [-0.4, -0.2) is 32.7 Å². The van der Waals surface area contributed by atoms with Crippen LogP contribution >= 0.6 is 0 Å². The van der Waals surface area contributed by atoms with Gasteiger partial charge in [0.2, 0.25) is 0 Å². The van der Waals surface area contributed by atoms with Gasteiger partial charge in [0.1, 0.15) is 17.3 Å². The van der Waals surface area contributed by atoms with Gasteiger partial charge in [0.15, 0.2) is 11.8 Å². The molecule has 3 heterocycles. The lowest BCUT2D eigenvalue weighted by Gasteiger charge is -2.15. The molecule has 4 aromatic rings. The van der Waals surface area contributed by atoms with Crippen molar-refractivity contribution >= 4 is 28.6 Å².